The van der Waals surface area contributed by atoms with Gasteiger partial charge in [0.15, 0.2) is 11.5 Å². The molecule has 7 nitrogen and oxygen atoms in total. The van der Waals surface area contributed by atoms with Crippen molar-refractivity contribution in [3.8, 4) is 17.2 Å². The minimum Gasteiger partial charge on any atom is -0.494 e. The Hall–Kier alpha value is -3.20. The Morgan fingerprint density at radius 2 is 1.60 bits per heavy atom. The fourth-order valence-electron chi connectivity index (χ4n) is 4.48. The number of sulfone groups is 1. The molecule has 40 heavy (non-hydrogen) atoms. The third kappa shape index (κ3) is 7.50. The first kappa shape index (κ1) is 31.3. The Morgan fingerprint density at radius 3 is 2.33 bits per heavy atom. The van der Waals surface area contributed by atoms with Gasteiger partial charge in [0.25, 0.3) is 0 Å². The van der Waals surface area contributed by atoms with Gasteiger partial charge in [-0.1, -0.05) is 31.5 Å². The van der Waals surface area contributed by atoms with Gasteiger partial charge in [-0.05, 0) is 86.4 Å². The average molecular weight is 588 g/mol. The molecule has 0 aliphatic heterocycles. The normalized spacial score (nSPS) is 11.3. The maximum Gasteiger partial charge on any atom is 0.210 e. The smallest absolute Gasteiger partial charge is 0.210 e. The first-order valence-corrected chi connectivity index (χ1v) is 14.9. The number of ether oxygens (including phenoxy) is 3. The lowest BCUT2D eigenvalue weighted by Gasteiger charge is -2.11. The molecule has 0 aliphatic rings. The molecule has 4 rings (SSSR count). The number of benzene rings is 3. The van der Waals surface area contributed by atoms with E-state index in [9.17, 15) is 8.42 Å². The molecule has 1 N–H and O–H groups in total. The van der Waals surface area contributed by atoms with E-state index in [1.807, 2.05) is 36.4 Å². The van der Waals surface area contributed by atoms with Crippen molar-refractivity contribution in [3.63, 3.8) is 0 Å². The van der Waals surface area contributed by atoms with Crippen molar-refractivity contribution in [2.45, 2.75) is 48.8 Å². The van der Waals surface area contributed by atoms with Crippen LogP contribution in [0.25, 0.3) is 11.0 Å². The van der Waals surface area contributed by atoms with Gasteiger partial charge in [-0.2, -0.15) is 0 Å². The highest BCUT2D eigenvalue weighted by Crippen LogP contribution is 2.35. The highest BCUT2D eigenvalue weighted by Gasteiger charge is 2.27. The monoisotopic (exact) mass is 587 g/mol. The van der Waals surface area contributed by atoms with Crippen LogP contribution in [0.1, 0.15) is 37.5 Å². The van der Waals surface area contributed by atoms with Crippen molar-refractivity contribution in [2.75, 3.05) is 33.9 Å². The quantitative estimate of drug-likeness (QED) is 0.156. The number of aryl methyl sites for hydroxylation is 1. The summed E-state index contributed by atoms with van der Waals surface area (Å²) in [6, 6.07) is 19.9. The van der Waals surface area contributed by atoms with E-state index in [-0.39, 0.29) is 22.2 Å². The van der Waals surface area contributed by atoms with Gasteiger partial charge in [-0.25, -0.2) is 8.42 Å². The van der Waals surface area contributed by atoms with E-state index in [1.165, 1.54) is 5.56 Å². The predicted octanol–water partition coefficient (Wildman–Crippen LogP) is 6.65. The minimum atomic E-state index is -3.74. The summed E-state index contributed by atoms with van der Waals surface area (Å²) in [6.07, 6.45) is 4.11. The summed E-state index contributed by atoms with van der Waals surface area (Å²) in [4.78, 5) is 0.510. The highest BCUT2D eigenvalue weighted by molar-refractivity contribution is 7.91. The first-order valence-electron chi connectivity index (χ1n) is 13.4. The van der Waals surface area contributed by atoms with Crippen LogP contribution in [0, 0.1) is 0 Å². The van der Waals surface area contributed by atoms with Crippen LogP contribution in [0.4, 0.5) is 0 Å². The Labute approximate surface area is 243 Å². The van der Waals surface area contributed by atoms with Crippen molar-refractivity contribution in [1.82, 2.24) is 5.32 Å². The number of para-hydroxylation sites is 1. The predicted molar refractivity (Wildman–Crippen MR) is 160 cm³/mol. The summed E-state index contributed by atoms with van der Waals surface area (Å²) < 4.78 is 49.7. The van der Waals surface area contributed by atoms with Gasteiger partial charge in [-0.3, -0.25) is 0 Å². The Kier molecular flexibility index (Phi) is 11.7. The van der Waals surface area contributed by atoms with Crippen LogP contribution in [0.15, 0.2) is 80.9 Å². The summed E-state index contributed by atoms with van der Waals surface area (Å²) in [5, 5.41) is 4.05. The summed E-state index contributed by atoms with van der Waals surface area (Å²) in [6.45, 7) is 4.26. The number of methoxy groups -OCH3 is 2. The molecule has 0 spiro atoms. The molecule has 0 fully saturated rings. The maximum absolute atomic E-state index is 13.6. The standard InChI is InChI=1S/C31H37NO6S.ClH/c1-4-5-10-29-31(26-9-6-7-11-27(26)38-29)39(33,34)25-15-13-24(14-16-25)37-21-8-19-32-20-18-23-12-17-28(35-2)30(22-23)36-3;/h6-7,9,11-17,22,32H,4-5,8,10,18-21H2,1-3H3;1H. The third-order valence-corrected chi connectivity index (χ3v) is 8.46. The molecule has 0 unspecified atom stereocenters. The Balaban J connectivity index is 0.00000441. The van der Waals surface area contributed by atoms with E-state index >= 15 is 0 Å². The first-order chi connectivity index (χ1) is 19.0. The second kappa shape index (κ2) is 15.0. The zero-order chi connectivity index (χ0) is 27.7. The van der Waals surface area contributed by atoms with Crippen LogP contribution in [0.5, 0.6) is 17.2 Å². The molecule has 0 aliphatic carbocycles. The summed E-state index contributed by atoms with van der Waals surface area (Å²) in [5.74, 6) is 2.63. The number of nitrogens with one attached hydrogen (secondary N) is 1. The second-order valence-electron chi connectivity index (χ2n) is 9.32. The van der Waals surface area contributed by atoms with E-state index in [4.69, 9.17) is 18.6 Å². The fourth-order valence-corrected chi connectivity index (χ4v) is 6.11. The summed E-state index contributed by atoms with van der Waals surface area (Å²) in [7, 11) is -0.475. The van der Waals surface area contributed by atoms with Crippen LogP contribution in [0.3, 0.4) is 0 Å². The molecule has 1 heterocycles. The lowest BCUT2D eigenvalue weighted by Crippen LogP contribution is -2.20. The Morgan fingerprint density at radius 1 is 0.850 bits per heavy atom. The molecular weight excluding hydrogens is 550 g/mol. The number of hydrogen-bond donors (Lipinski definition) is 1. The number of hydrogen-bond acceptors (Lipinski definition) is 7. The summed E-state index contributed by atoms with van der Waals surface area (Å²) in [5.41, 5.74) is 1.77. The largest absolute Gasteiger partial charge is 0.494 e. The van der Waals surface area contributed by atoms with Gasteiger partial charge in [0.2, 0.25) is 9.84 Å². The van der Waals surface area contributed by atoms with E-state index in [2.05, 4.69) is 12.2 Å². The molecule has 0 saturated carbocycles. The van der Waals surface area contributed by atoms with Crippen LogP contribution < -0.4 is 19.5 Å². The van der Waals surface area contributed by atoms with E-state index in [0.717, 1.165) is 50.3 Å². The van der Waals surface area contributed by atoms with E-state index in [0.29, 0.717) is 35.5 Å². The fraction of sp³-hybridized carbons (Fsp3) is 0.355. The van der Waals surface area contributed by atoms with Crippen LogP contribution >= 0.6 is 12.4 Å². The van der Waals surface area contributed by atoms with Gasteiger partial charge in [0.05, 0.1) is 25.7 Å². The third-order valence-electron chi connectivity index (χ3n) is 6.58. The number of unbranched alkanes of at least 4 members (excludes halogenated alkanes) is 1. The van der Waals surface area contributed by atoms with E-state index in [1.54, 1.807) is 44.6 Å². The molecule has 0 bridgehead atoms. The molecule has 0 atom stereocenters. The van der Waals surface area contributed by atoms with Crippen LogP contribution in [-0.2, 0) is 22.7 Å². The Bertz CT molecular complexity index is 1470. The van der Waals surface area contributed by atoms with Crippen LogP contribution in [0.2, 0.25) is 0 Å². The average Bonchev–Trinajstić information content (AvgIpc) is 3.35. The zero-order valence-corrected chi connectivity index (χ0v) is 24.9. The van der Waals surface area contributed by atoms with Crippen molar-refractivity contribution < 1.29 is 27.0 Å². The van der Waals surface area contributed by atoms with Gasteiger partial charge in [0, 0.05) is 11.8 Å². The van der Waals surface area contributed by atoms with Crippen molar-refractivity contribution >= 4 is 33.2 Å². The molecule has 0 saturated heterocycles. The lowest BCUT2D eigenvalue weighted by atomic mass is 10.1. The van der Waals surface area contributed by atoms with Gasteiger partial charge in [-0.15, -0.1) is 12.4 Å². The SMILES string of the molecule is CCCCc1oc2ccccc2c1S(=O)(=O)c1ccc(OCCCNCCc2ccc(OC)c(OC)c2)cc1.Cl. The van der Waals surface area contributed by atoms with Gasteiger partial charge < -0.3 is 23.9 Å². The number of rotatable bonds is 15. The number of fused-ring (bicyclic) bond motifs is 1. The number of halogens is 1. The molecule has 4 aromatic rings. The molecule has 0 radical (unpaired) electrons. The van der Waals surface area contributed by atoms with Crippen molar-refractivity contribution in [1.29, 1.82) is 0 Å². The van der Waals surface area contributed by atoms with Crippen molar-refractivity contribution in [3.05, 3.63) is 78.1 Å². The van der Waals surface area contributed by atoms with Crippen LogP contribution in [-0.4, -0.2) is 42.3 Å². The van der Waals surface area contributed by atoms with Crippen molar-refractivity contribution in [2.24, 2.45) is 0 Å². The molecular formula is C31H38ClNO6S. The molecule has 3 aromatic carbocycles. The maximum atomic E-state index is 13.6. The van der Waals surface area contributed by atoms with Gasteiger partial charge >= 0.3 is 0 Å². The highest BCUT2D eigenvalue weighted by atomic mass is 35.5. The second-order valence-corrected chi connectivity index (χ2v) is 11.2. The summed E-state index contributed by atoms with van der Waals surface area (Å²) >= 11 is 0. The molecule has 1 aromatic heterocycles. The van der Waals surface area contributed by atoms with E-state index < -0.39 is 9.84 Å². The topological polar surface area (TPSA) is 87.0 Å². The molecule has 216 valence electrons. The number of furan rings is 1. The minimum absolute atomic E-state index is 0. The lowest BCUT2D eigenvalue weighted by molar-refractivity contribution is 0.308. The molecule has 0 amide bonds. The zero-order valence-electron chi connectivity index (χ0n) is 23.3. The van der Waals surface area contributed by atoms with Gasteiger partial charge in [0.1, 0.15) is 22.0 Å². The molecule has 9 heteroatoms.